The number of nitrogens with zero attached hydrogens (tertiary/aromatic N) is 3. The lowest BCUT2D eigenvalue weighted by molar-refractivity contribution is 1.01. The molecule has 2 aromatic carbocycles. The molecule has 0 fully saturated rings. The van der Waals surface area contributed by atoms with Gasteiger partial charge in [-0.2, -0.15) is 0 Å². The average Bonchev–Trinajstić information content (AvgIpc) is 2.99. The Balaban J connectivity index is 1.89. The first-order chi connectivity index (χ1) is 11.8. The number of fused-ring (bicyclic) bond motifs is 1. The standard InChI is InChI=1S/C20H16N4/c21-16-10-11-18-17(14-16)23-20(12-9-15-6-2-1-3-7-15)24(18)19-8-4-5-13-22-19/h1-14H,21H2. The van der Waals surface area contributed by atoms with Crippen molar-refractivity contribution in [1.29, 1.82) is 0 Å². The highest BCUT2D eigenvalue weighted by molar-refractivity contribution is 5.84. The van der Waals surface area contributed by atoms with E-state index in [1.165, 1.54) is 0 Å². The maximum atomic E-state index is 5.90. The van der Waals surface area contributed by atoms with Crippen LogP contribution in [0.3, 0.4) is 0 Å². The molecule has 2 heterocycles. The Kier molecular flexibility index (Phi) is 3.56. The molecule has 0 bridgehead atoms. The lowest BCUT2D eigenvalue weighted by atomic mass is 10.2. The molecule has 0 aliphatic carbocycles. The van der Waals surface area contributed by atoms with Gasteiger partial charge in [-0.25, -0.2) is 9.97 Å². The Morgan fingerprint density at radius 2 is 1.71 bits per heavy atom. The number of benzene rings is 2. The molecule has 0 saturated heterocycles. The highest BCUT2D eigenvalue weighted by atomic mass is 15.1. The Labute approximate surface area is 139 Å². The normalized spacial score (nSPS) is 11.3. The van der Waals surface area contributed by atoms with Gasteiger partial charge in [0.1, 0.15) is 11.6 Å². The Hall–Kier alpha value is -3.40. The van der Waals surface area contributed by atoms with E-state index in [1.54, 1.807) is 6.20 Å². The van der Waals surface area contributed by atoms with Crippen molar-refractivity contribution >= 4 is 28.9 Å². The summed E-state index contributed by atoms with van der Waals surface area (Å²) >= 11 is 0. The fourth-order valence-electron chi connectivity index (χ4n) is 2.69. The summed E-state index contributed by atoms with van der Waals surface area (Å²) in [6, 6.07) is 21.7. The molecule has 2 N–H and O–H groups in total. The van der Waals surface area contributed by atoms with E-state index in [2.05, 4.69) is 17.1 Å². The minimum absolute atomic E-state index is 0.701. The Morgan fingerprint density at radius 1 is 0.875 bits per heavy atom. The molecule has 4 rings (SSSR count). The van der Waals surface area contributed by atoms with Crippen LogP contribution in [-0.2, 0) is 0 Å². The minimum Gasteiger partial charge on any atom is -0.399 e. The minimum atomic E-state index is 0.701. The van der Waals surface area contributed by atoms with Crippen molar-refractivity contribution < 1.29 is 0 Å². The van der Waals surface area contributed by atoms with Gasteiger partial charge < -0.3 is 5.73 Å². The topological polar surface area (TPSA) is 56.7 Å². The molecule has 2 aromatic heterocycles. The largest absolute Gasteiger partial charge is 0.399 e. The van der Waals surface area contributed by atoms with Crippen LogP contribution in [0, 0.1) is 0 Å². The summed E-state index contributed by atoms with van der Waals surface area (Å²) in [5, 5.41) is 0. The molecule has 0 aliphatic rings. The maximum Gasteiger partial charge on any atom is 0.139 e. The van der Waals surface area contributed by atoms with Crippen molar-refractivity contribution in [1.82, 2.24) is 14.5 Å². The number of hydrogen-bond donors (Lipinski definition) is 1. The molecule has 4 heteroatoms. The van der Waals surface area contributed by atoms with Gasteiger partial charge in [-0.3, -0.25) is 4.57 Å². The second kappa shape index (κ2) is 6.01. The average molecular weight is 312 g/mol. The fourth-order valence-corrected chi connectivity index (χ4v) is 2.69. The van der Waals surface area contributed by atoms with E-state index >= 15 is 0 Å². The Bertz CT molecular complexity index is 1000. The zero-order chi connectivity index (χ0) is 16.4. The van der Waals surface area contributed by atoms with Crippen molar-refractivity contribution in [2.24, 2.45) is 0 Å². The van der Waals surface area contributed by atoms with E-state index in [4.69, 9.17) is 10.7 Å². The molecule has 0 spiro atoms. The number of aromatic nitrogens is 3. The summed E-state index contributed by atoms with van der Waals surface area (Å²) in [7, 11) is 0. The van der Waals surface area contributed by atoms with Crippen LogP contribution >= 0.6 is 0 Å². The van der Waals surface area contributed by atoms with Crippen LogP contribution in [0.5, 0.6) is 0 Å². The summed E-state index contributed by atoms with van der Waals surface area (Å²) in [5.74, 6) is 1.65. The molecule has 4 nitrogen and oxygen atoms in total. The predicted octanol–water partition coefficient (Wildman–Crippen LogP) is 4.17. The summed E-state index contributed by atoms with van der Waals surface area (Å²) in [5.41, 5.74) is 9.56. The van der Waals surface area contributed by atoms with Gasteiger partial charge in [-0.15, -0.1) is 0 Å². The molecule has 0 amide bonds. The number of nitrogens with two attached hydrogens (primary N) is 1. The van der Waals surface area contributed by atoms with Gasteiger partial charge in [0.05, 0.1) is 11.0 Å². The van der Waals surface area contributed by atoms with Crippen LogP contribution in [0.25, 0.3) is 29.0 Å². The van der Waals surface area contributed by atoms with Crippen LogP contribution in [0.2, 0.25) is 0 Å². The fraction of sp³-hybridized carbons (Fsp3) is 0. The number of rotatable bonds is 3. The van der Waals surface area contributed by atoms with Gasteiger partial charge >= 0.3 is 0 Å². The van der Waals surface area contributed by atoms with Crippen molar-refractivity contribution in [2.75, 3.05) is 5.73 Å². The first-order valence-corrected chi connectivity index (χ1v) is 7.74. The third kappa shape index (κ3) is 2.65. The number of nitrogen functional groups attached to an aromatic ring is 1. The van der Waals surface area contributed by atoms with E-state index in [0.29, 0.717) is 5.69 Å². The SMILES string of the molecule is Nc1ccc2c(c1)nc(C=Cc1ccccc1)n2-c1ccccn1. The summed E-state index contributed by atoms with van der Waals surface area (Å²) in [6.07, 6.45) is 5.83. The highest BCUT2D eigenvalue weighted by Crippen LogP contribution is 2.23. The lowest BCUT2D eigenvalue weighted by Gasteiger charge is -2.05. The van der Waals surface area contributed by atoms with Crippen LogP contribution < -0.4 is 5.73 Å². The second-order valence-electron chi connectivity index (χ2n) is 5.49. The number of pyridine rings is 1. The van der Waals surface area contributed by atoms with E-state index in [-0.39, 0.29) is 0 Å². The number of hydrogen-bond acceptors (Lipinski definition) is 3. The first-order valence-electron chi connectivity index (χ1n) is 7.74. The smallest absolute Gasteiger partial charge is 0.139 e. The molecular weight excluding hydrogens is 296 g/mol. The number of anilines is 1. The van der Waals surface area contributed by atoms with Gasteiger partial charge in [0.25, 0.3) is 0 Å². The summed E-state index contributed by atoms with van der Waals surface area (Å²) in [4.78, 5) is 9.19. The third-order valence-corrected chi connectivity index (χ3v) is 3.81. The van der Waals surface area contributed by atoms with Crippen molar-refractivity contribution in [3.05, 3.63) is 84.3 Å². The van der Waals surface area contributed by atoms with E-state index < -0.39 is 0 Å². The van der Waals surface area contributed by atoms with E-state index in [1.807, 2.05) is 71.3 Å². The van der Waals surface area contributed by atoms with Gasteiger partial charge in [0, 0.05) is 11.9 Å². The number of imidazole rings is 1. The molecule has 116 valence electrons. The van der Waals surface area contributed by atoms with Crippen LogP contribution in [0.15, 0.2) is 72.9 Å². The zero-order valence-corrected chi connectivity index (χ0v) is 13.0. The van der Waals surface area contributed by atoms with Crippen molar-refractivity contribution in [3.63, 3.8) is 0 Å². The molecule has 0 atom stereocenters. The van der Waals surface area contributed by atoms with E-state index in [0.717, 1.165) is 28.2 Å². The molecule has 24 heavy (non-hydrogen) atoms. The monoisotopic (exact) mass is 312 g/mol. The summed E-state index contributed by atoms with van der Waals surface area (Å²) in [6.45, 7) is 0. The van der Waals surface area contributed by atoms with Gasteiger partial charge in [-0.05, 0) is 42.0 Å². The van der Waals surface area contributed by atoms with Crippen LogP contribution in [-0.4, -0.2) is 14.5 Å². The predicted molar refractivity (Wildman–Crippen MR) is 98.6 cm³/mol. The van der Waals surface area contributed by atoms with Crippen LogP contribution in [0.4, 0.5) is 5.69 Å². The molecule has 0 unspecified atom stereocenters. The van der Waals surface area contributed by atoms with E-state index in [9.17, 15) is 0 Å². The highest BCUT2D eigenvalue weighted by Gasteiger charge is 2.11. The van der Waals surface area contributed by atoms with Gasteiger partial charge in [0.15, 0.2) is 0 Å². The molecule has 4 aromatic rings. The lowest BCUT2D eigenvalue weighted by Crippen LogP contribution is -1.99. The third-order valence-electron chi connectivity index (χ3n) is 3.81. The zero-order valence-electron chi connectivity index (χ0n) is 13.0. The maximum absolute atomic E-state index is 5.90. The van der Waals surface area contributed by atoms with Gasteiger partial charge in [-0.1, -0.05) is 42.5 Å². The Morgan fingerprint density at radius 3 is 2.50 bits per heavy atom. The molecule has 0 aliphatic heterocycles. The van der Waals surface area contributed by atoms with Crippen molar-refractivity contribution in [3.8, 4) is 5.82 Å². The molecular formula is C20H16N4. The van der Waals surface area contributed by atoms with Crippen molar-refractivity contribution in [2.45, 2.75) is 0 Å². The molecule has 0 radical (unpaired) electrons. The second-order valence-corrected chi connectivity index (χ2v) is 5.49. The quantitative estimate of drug-likeness (QED) is 0.578. The van der Waals surface area contributed by atoms with Crippen LogP contribution in [0.1, 0.15) is 11.4 Å². The molecule has 0 saturated carbocycles. The van der Waals surface area contributed by atoms with Gasteiger partial charge in [0.2, 0.25) is 0 Å². The first kappa shape index (κ1) is 14.2. The summed E-state index contributed by atoms with van der Waals surface area (Å²) < 4.78 is 2.04.